The van der Waals surface area contributed by atoms with Crippen LogP contribution in [0.1, 0.15) is 33.1 Å². The SMILES string of the molecule is CC1CCC(NC(=O)N(C)CCO)CC1C. The third kappa shape index (κ3) is 3.67. The van der Waals surface area contributed by atoms with Crippen LogP contribution < -0.4 is 5.32 Å². The van der Waals surface area contributed by atoms with Crippen LogP contribution in [0, 0.1) is 11.8 Å². The maximum atomic E-state index is 11.7. The molecular weight excluding hydrogens is 204 g/mol. The van der Waals surface area contributed by atoms with Gasteiger partial charge in [-0.1, -0.05) is 13.8 Å². The van der Waals surface area contributed by atoms with Crippen LogP contribution in [0.3, 0.4) is 0 Å². The van der Waals surface area contributed by atoms with Crippen LogP contribution >= 0.6 is 0 Å². The van der Waals surface area contributed by atoms with Crippen LogP contribution in [-0.4, -0.2) is 42.3 Å². The number of rotatable bonds is 3. The molecule has 1 rings (SSSR count). The Bertz CT molecular complexity index is 233. The van der Waals surface area contributed by atoms with Gasteiger partial charge in [0, 0.05) is 19.6 Å². The fourth-order valence-corrected chi connectivity index (χ4v) is 2.21. The molecule has 3 atom stereocenters. The van der Waals surface area contributed by atoms with Crippen LogP contribution in [0.5, 0.6) is 0 Å². The molecule has 0 bridgehead atoms. The van der Waals surface area contributed by atoms with E-state index in [-0.39, 0.29) is 12.6 Å². The van der Waals surface area contributed by atoms with Crippen LogP contribution in [0.15, 0.2) is 0 Å². The molecule has 0 spiro atoms. The summed E-state index contributed by atoms with van der Waals surface area (Å²) in [7, 11) is 1.71. The van der Waals surface area contributed by atoms with Gasteiger partial charge in [0.25, 0.3) is 0 Å². The molecule has 16 heavy (non-hydrogen) atoms. The van der Waals surface area contributed by atoms with Gasteiger partial charge in [-0.2, -0.15) is 0 Å². The molecule has 3 unspecified atom stereocenters. The average molecular weight is 228 g/mol. The van der Waals surface area contributed by atoms with Gasteiger partial charge in [0.2, 0.25) is 0 Å². The molecule has 4 heteroatoms. The quantitative estimate of drug-likeness (QED) is 0.768. The van der Waals surface area contributed by atoms with Gasteiger partial charge in [-0.3, -0.25) is 0 Å². The highest BCUT2D eigenvalue weighted by Gasteiger charge is 2.26. The summed E-state index contributed by atoms with van der Waals surface area (Å²) in [6, 6.07) is 0.237. The summed E-state index contributed by atoms with van der Waals surface area (Å²) in [6.07, 6.45) is 3.33. The fourth-order valence-electron chi connectivity index (χ4n) is 2.21. The third-order valence-electron chi connectivity index (χ3n) is 3.71. The summed E-state index contributed by atoms with van der Waals surface area (Å²) in [4.78, 5) is 13.2. The van der Waals surface area contributed by atoms with E-state index in [4.69, 9.17) is 5.11 Å². The molecule has 4 nitrogen and oxygen atoms in total. The minimum absolute atomic E-state index is 0.0159. The van der Waals surface area contributed by atoms with Gasteiger partial charge < -0.3 is 15.3 Å². The zero-order chi connectivity index (χ0) is 12.1. The number of likely N-dealkylation sites (N-methyl/N-ethyl adjacent to an activating group) is 1. The van der Waals surface area contributed by atoms with E-state index in [0.29, 0.717) is 18.5 Å². The Labute approximate surface area is 98.0 Å². The van der Waals surface area contributed by atoms with E-state index in [1.165, 1.54) is 11.3 Å². The van der Waals surface area contributed by atoms with Gasteiger partial charge in [0.05, 0.1) is 6.61 Å². The number of urea groups is 1. The van der Waals surface area contributed by atoms with E-state index in [0.717, 1.165) is 18.8 Å². The number of amides is 2. The smallest absolute Gasteiger partial charge is 0.317 e. The predicted molar refractivity (Wildman–Crippen MR) is 64.2 cm³/mol. The predicted octanol–water partition coefficient (Wildman–Crippen LogP) is 1.44. The van der Waals surface area contributed by atoms with Gasteiger partial charge >= 0.3 is 6.03 Å². The maximum absolute atomic E-state index is 11.7. The van der Waals surface area contributed by atoms with E-state index < -0.39 is 0 Å². The summed E-state index contributed by atoms with van der Waals surface area (Å²) in [5.41, 5.74) is 0. The number of hydrogen-bond acceptors (Lipinski definition) is 2. The number of nitrogens with zero attached hydrogens (tertiary/aromatic N) is 1. The van der Waals surface area contributed by atoms with Gasteiger partial charge in [-0.25, -0.2) is 4.79 Å². The van der Waals surface area contributed by atoms with Crippen molar-refractivity contribution in [1.29, 1.82) is 0 Å². The molecule has 2 amide bonds. The Kier molecular flexibility index (Phi) is 5.06. The summed E-state index contributed by atoms with van der Waals surface area (Å²) >= 11 is 0. The van der Waals surface area contributed by atoms with Crippen molar-refractivity contribution in [2.75, 3.05) is 20.2 Å². The molecule has 0 aromatic heterocycles. The van der Waals surface area contributed by atoms with Gasteiger partial charge in [0.1, 0.15) is 0 Å². The first-order chi connectivity index (χ1) is 7.54. The number of aliphatic hydroxyl groups excluding tert-OH is 1. The minimum atomic E-state index is -0.0687. The Morgan fingerprint density at radius 2 is 2.06 bits per heavy atom. The van der Waals surface area contributed by atoms with Crippen molar-refractivity contribution in [3.63, 3.8) is 0 Å². The summed E-state index contributed by atoms with van der Waals surface area (Å²) < 4.78 is 0. The van der Waals surface area contributed by atoms with Crippen LogP contribution in [0.4, 0.5) is 4.79 Å². The second-order valence-corrected chi connectivity index (χ2v) is 5.06. The zero-order valence-corrected chi connectivity index (χ0v) is 10.6. The van der Waals surface area contributed by atoms with Crippen molar-refractivity contribution in [2.45, 2.75) is 39.2 Å². The first-order valence-electron chi connectivity index (χ1n) is 6.17. The highest BCUT2D eigenvalue weighted by atomic mass is 16.3. The molecule has 1 fully saturated rings. The molecule has 0 saturated heterocycles. The van der Waals surface area contributed by atoms with E-state index in [2.05, 4.69) is 19.2 Å². The number of hydrogen-bond donors (Lipinski definition) is 2. The molecule has 0 aliphatic heterocycles. The summed E-state index contributed by atoms with van der Waals surface area (Å²) in [5.74, 6) is 1.45. The molecule has 1 aliphatic carbocycles. The average Bonchev–Trinajstić information content (AvgIpc) is 2.24. The fraction of sp³-hybridized carbons (Fsp3) is 0.917. The molecule has 0 aromatic rings. The number of aliphatic hydroxyl groups is 1. The van der Waals surface area contributed by atoms with Crippen LogP contribution in [0.2, 0.25) is 0 Å². The lowest BCUT2D eigenvalue weighted by Crippen LogP contribution is -2.46. The number of carbonyl (C=O) groups is 1. The van der Waals surface area contributed by atoms with Crippen molar-refractivity contribution in [3.8, 4) is 0 Å². The molecule has 1 aliphatic rings. The first-order valence-corrected chi connectivity index (χ1v) is 6.17. The number of nitrogens with one attached hydrogen (secondary N) is 1. The highest BCUT2D eigenvalue weighted by Crippen LogP contribution is 2.29. The van der Waals surface area contributed by atoms with E-state index in [1.807, 2.05) is 0 Å². The van der Waals surface area contributed by atoms with Gasteiger partial charge in [0.15, 0.2) is 0 Å². The lowest BCUT2D eigenvalue weighted by atomic mass is 9.79. The molecule has 0 heterocycles. The zero-order valence-electron chi connectivity index (χ0n) is 10.6. The van der Waals surface area contributed by atoms with E-state index in [1.54, 1.807) is 7.05 Å². The lowest BCUT2D eigenvalue weighted by Gasteiger charge is -2.33. The monoisotopic (exact) mass is 228 g/mol. The highest BCUT2D eigenvalue weighted by molar-refractivity contribution is 5.74. The lowest BCUT2D eigenvalue weighted by molar-refractivity contribution is 0.174. The van der Waals surface area contributed by atoms with Crippen LogP contribution in [-0.2, 0) is 0 Å². The normalized spacial score (nSPS) is 29.9. The molecular formula is C12H24N2O2. The standard InChI is InChI=1S/C12H24N2O2/c1-9-4-5-11(8-10(9)2)13-12(16)14(3)6-7-15/h9-11,15H,4-8H2,1-3H3,(H,13,16). The Morgan fingerprint density at radius 3 is 2.62 bits per heavy atom. The van der Waals surface area contributed by atoms with Crippen molar-refractivity contribution < 1.29 is 9.90 Å². The van der Waals surface area contributed by atoms with Gasteiger partial charge in [-0.05, 0) is 31.1 Å². The Hall–Kier alpha value is -0.770. The maximum Gasteiger partial charge on any atom is 0.317 e. The first kappa shape index (κ1) is 13.3. The van der Waals surface area contributed by atoms with Gasteiger partial charge in [-0.15, -0.1) is 0 Å². The molecule has 2 N–H and O–H groups in total. The second kappa shape index (κ2) is 6.09. The van der Waals surface area contributed by atoms with Crippen molar-refractivity contribution >= 4 is 6.03 Å². The van der Waals surface area contributed by atoms with E-state index in [9.17, 15) is 4.79 Å². The summed E-state index contributed by atoms with van der Waals surface area (Å²) in [6.45, 7) is 4.94. The van der Waals surface area contributed by atoms with Crippen molar-refractivity contribution in [3.05, 3.63) is 0 Å². The molecule has 94 valence electrons. The third-order valence-corrected chi connectivity index (χ3v) is 3.71. The van der Waals surface area contributed by atoms with E-state index >= 15 is 0 Å². The molecule has 1 saturated carbocycles. The van der Waals surface area contributed by atoms with Crippen molar-refractivity contribution in [2.24, 2.45) is 11.8 Å². The largest absolute Gasteiger partial charge is 0.395 e. The minimum Gasteiger partial charge on any atom is -0.395 e. The second-order valence-electron chi connectivity index (χ2n) is 5.06. The number of carbonyl (C=O) groups excluding carboxylic acids is 1. The molecule has 0 aromatic carbocycles. The summed E-state index contributed by atoms with van der Waals surface area (Å²) in [5, 5.41) is 11.8. The topological polar surface area (TPSA) is 52.6 Å². The van der Waals surface area contributed by atoms with Crippen LogP contribution in [0.25, 0.3) is 0 Å². The Morgan fingerprint density at radius 1 is 1.38 bits per heavy atom. The molecule has 0 radical (unpaired) electrons. The Balaban J connectivity index is 2.34. The van der Waals surface area contributed by atoms with Crippen molar-refractivity contribution in [1.82, 2.24) is 10.2 Å².